The molecule has 0 N–H and O–H groups in total. The summed E-state index contributed by atoms with van der Waals surface area (Å²) >= 11 is 0.183. The Morgan fingerprint density at radius 3 is 0.660 bits per heavy atom. The normalized spacial score (nSPS) is 11.8. The molecule has 0 radical (unpaired) electrons. The van der Waals surface area contributed by atoms with Gasteiger partial charge in [-0.3, -0.25) is 0 Å². The lowest BCUT2D eigenvalue weighted by Gasteiger charge is -2.44. The average Bonchev–Trinajstić information content (AvgIpc) is 3.11. The number of benzene rings is 4. The summed E-state index contributed by atoms with van der Waals surface area (Å²) in [4.78, 5) is 0. The summed E-state index contributed by atoms with van der Waals surface area (Å²) in [5.41, 5.74) is -14.3. The van der Waals surface area contributed by atoms with E-state index in [0.29, 0.717) is 0 Å². The average molecular weight is 814 g/mol. The van der Waals surface area contributed by atoms with Crippen molar-refractivity contribution in [2.24, 2.45) is 0 Å². The van der Waals surface area contributed by atoms with Crippen LogP contribution < -0.4 is 21.9 Å². The van der Waals surface area contributed by atoms with E-state index in [2.05, 4.69) is 19.4 Å². The molecule has 1 nitrogen and oxygen atoms in total. The molecule has 4 aromatic rings. The molecule has 0 heterocycles. The van der Waals surface area contributed by atoms with Crippen LogP contribution >= 0.6 is 0 Å². The molecule has 0 saturated heterocycles. The Morgan fingerprint density at radius 2 is 0.509 bits per heavy atom. The van der Waals surface area contributed by atoms with Gasteiger partial charge in [0.15, 0.2) is 69.8 Å². The van der Waals surface area contributed by atoms with Crippen LogP contribution in [0.3, 0.4) is 0 Å². The Kier molecular flexibility index (Phi) is 13.1. The third-order valence-electron chi connectivity index (χ3n) is 7.52. The van der Waals surface area contributed by atoms with Crippen molar-refractivity contribution >= 4 is 39.2 Å². The molecule has 4 aromatic carbocycles. The summed E-state index contributed by atoms with van der Waals surface area (Å²) in [7, 11) is 0. The molecule has 0 saturated carbocycles. The van der Waals surface area contributed by atoms with Crippen LogP contribution in [0.25, 0.3) is 0 Å². The Morgan fingerprint density at radius 1 is 0.340 bits per heavy atom. The predicted molar refractivity (Wildman–Crippen MR) is 149 cm³/mol. The quantitative estimate of drug-likeness (QED) is 0.0449. The summed E-state index contributed by atoms with van der Waals surface area (Å²) in [6, 6.07) is 0. The molecule has 290 valence electrons. The smallest absolute Gasteiger partial charge is 0.200 e. The minimum Gasteiger partial charge on any atom is -0.207 e. The van der Waals surface area contributed by atoms with Crippen molar-refractivity contribution in [3.8, 4) is 0 Å². The summed E-state index contributed by atoms with van der Waals surface area (Å²) in [6.07, 6.45) is -0.598. The van der Waals surface area contributed by atoms with E-state index in [0.717, 1.165) is 6.61 Å². The summed E-state index contributed by atoms with van der Waals surface area (Å²) < 4.78 is 299. The van der Waals surface area contributed by atoms with Crippen LogP contribution in [0.2, 0.25) is 0 Å². The minimum absolute atomic E-state index is 0.183. The van der Waals surface area contributed by atoms with Gasteiger partial charge < -0.3 is 0 Å². The fourth-order valence-corrected chi connectivity index (χ4v) is 5.70. The topological polar surface area (TPSA) is 9.23 Å². The molecule has 0 bridgehead atoms. The third-order valence-corrected chi connectivity index (χ3v) is 8.16. The van der Waals surface area contributed by atoms with Crippen LogP contribution in [0, 0.1) is 116 Å². The molecular weight excluding hydrogens is 799 g/mol. The lowest BCUT2D eigenvalue weighted by molar-refractivity contribution is 0.354. The van der Waals surface area contributed by atoms with Gasteiger partial charge in [-0.2, -0.15) is 4.18 Å². The van der Waals surface area contributed by atoms with E-state index in [1.807, 2.05) is 0 Å². The van der Waals surface area contributed by atoms with Gasteiger partial charge in [-0.25, -0.2) is 87.8 Å². The standard InChI is InChI=1S/C24BF20.C6H15OS/c26-5-1(6(27)14(35)21(42)13(5)34)25(2-7(28)15(36)22(43)16(37)8(2)29,3-9(30)17(38)23(44)18(39)10(3)31)4-11(32)19(40)24(45)20(41)12(4)33;1-4-5-6-7-8(2)3/h;4-6H2,1-3H3/q-1;+1. The Balaban J connectivity index is 0.000000846. The molecule has 0 amide bonds. The lowest BCUT2D eigenvalue weighted by atomic mass is 9.12. The van der Waals surface area contributed by atoms with Gasteiger partial charge in [0.05, 0.1) is 0 Å². The molecule has 0 fully saturated rings. The zero-order valence-corrected chi connectivity index (χ0v) is 26.9. The molecular formula is C30H15BF20OS. The van der Waals surface area contributed by atoms with E-state index in [4.69, 9.17) is 4.18 Å². The maximum atomic E-state index is 15.4. The van der Waals surface area contributed by atoms with Gasteiger partial charge in [0.1, 0.15) is 83.0 Å². The summed E-state index contributed by atoms with van der Waals surface area (Å²) in [5.74, 6) is -71.4. The first-order valence-corrected chi connectivity index (χ1v) is 15.9. The molecule has 0 aliphatic carbocycles. The Hall–Kier alpha value is -4.15. The van der Waals surface area contributed by atoms with Crippen LogP contribution in [0.1, 0.15) is 19.8 Å². The van der Waals surface area contributed by atoms with E-state index < -0.39 is 144 Å². The molecule has 0 aromatic heterocycles. The number of halogens is 20. The second kappa shape index (κ2) is 16.1. The third kappa shape index (κ3) is 6.89. The maximum absolute atomic E-state index is 15.4. The first kappa shape index (κ1) is 43.3. The van der Waals surface area contributed by atoms with E-state index in [9.17, 15) is 52.7 Å². The van der Waals surface area contributed by atoms with Crippen LogP contribution in [0.5, 0.6) is 0 Å². The molecule has 0 aliphatic heterocycles. The number of rotatable bonds is 8. The molecule has 4 rings (SSSR count). The highest BCUT2D eigenvalue weighted by Crippen LogP contribution is 2.30. The molecule has 0 spiro atoms. The zero-order valence-electron chi connectivity index (χ0n) is 26.1. The van der Waals surface area contributed by atoms with Gasteiger partial charge in [-0.15, -0.1) is 21.9 Å². The van der Waals surface area contributed by atoms with Gasteiger partial charge in [-0.05, 0) is 6.42 Å². The SMILES string of the molecule is CCCCO[S+](C)C.Fc1c(F)c(F)c([B-](c2c(F)c(F)c(F)c(F)c2F)(c2c(F)c(F)c(F)c(F)c2F)c2c(F)c(F)c(F)c(F)c2F)c(F)c1F. The highest BCUT2D eigenvalue weighted by atomic mass is 32.2. The van der Waals surface area contributed by atoms with Crippen LogP contribution in [-0.2, 0) is 15.4 Å². The lowest BCUT2D eigenvalue weighted by Crippen LogP contribution is -2.81. The van der Waals surface area contributed by atoms with Crippen molar-refractivity contribution < 1.29 is 92.0 Å². The maximum Gasteiger partial charge on any atom is 0.200 e. The fraction of sp³-hybridized carbons (Fsp3) is 0.200. The van der Waals surface area contributed by atoms with Crippen molar-refractivity contribution in [2.75, 3.05) is 19.1 Å². The van der Waals surface area contributed by atoms with E-state index in [1.54, 1.807) is 0 Å². The minimum atomic E-state index is -7.22. The van der Waals surface area contributed by atoms with E-state index >= 15 is 35.1 Å². The first-order chi connectivity index (χ1) is 24.5. The van der Waals surface area contributed by atoms with Crippen LogP contribution in [-0.4, -0.2) is 25.3 Å². The largest absolute Gasteiger partial charge is 0.207 e. The van der Waals surface area contributed by atoms with Crippen molar-refractivity contribution in [3.05, 3.63) is 116 Å². The molecule has 23 heteroatoms. The van der Waals surface area contributed by atoms with Gasteiger partial charge in [0.2, 0.25) is 0 Å². The van der Waals surface area contributed by atoms with Crippen molar-refractivity contribution in [1.82, 2.24) is 0 Å². The van der Waals surface area contributed by atoms with Gasteiger partial charge in [0, 0.05) is 0 Å². The van der Waals surface area contributed by atoms with Crippen LogP contribution in [0.4, 0.5) is 87.8 Å². The van der Waals surface area contributed by atoms with Crippen molar-refractivity contribution in [2.45, 2.75) is 19.8 Å². The van der Waals surface area contributed by atoms with Crippen molar-refractivity contribution in [1.29, 1.82) is 0 Å². The first-order valence-electron chi connectivity index (χ1n) is 13.9. The Bertz CT molecular complexity index is 1710. The zero-order chi connectivity index (χ0) is 40.8. The van der Waals surface area contributed by atoms with Gasteiger partial charge in [-0.1, -0.05) is 13.3 Å². The van der Waals surface area contributed by atoms with E-state index in [-0.39, 0.29) is 11.2 Å². The number of unbranched alkanes of at least 4 members (excludes halogenated alkanes) is 1. The monoisotopic (exact) mass is 814 g/mol. The van der Waals surface area contributed by atoms with Crippen LogP contribution in [0.15, 0.2) is 0 Å². The molecule has 0 aliphatic rings. The van der Waals surface area contributed by atoms with E-state index in [1.165, 1.54) is 12.8 Å². The predicted octanol–water partition coefficient (Wildman–Crippen LogP) is 7.44. The fourth-order valence-electron chi connectivity index (χ4n) is 5.24. The van der Waals surface area contributed by atoms with Crippen molar-refractivity contribution in [3.63, 3.8) is 0 Å². The van der Waals surface area contributed by atoms with Gasteiger partial charge in [0.25, 0.3) is 0 Å². The summed E-state index contributed by atoms with van der Waals surface area (Å²) in [5, 5.41) is 0. The second-order valence-electron chi connectivity index (χ2n) is 10.7. The number of hydrogen-bond donors (Lipinski definition) is 0. The molecule has 53 heavy (non-hydrogen) atoms. The molecule has 0 atom stereocenters. The highest BCUT2D eigenvalue weighted by molar-refractivity contribution is 7.90. The summed E-state index contributed by atoms with van der Waals surface area (Å²) in [6.45, 7) is 3.11. The number of hydrogen-bond acceptors (Lipinski definition) is 1. The highest BCUT2D eigenvalue weighted by Gasteiger charge is 2.52. The van der Waals surface area contributed by atoms with Gasteiger partial charge >= 0.3 is 0 Å². The second-order valence-corrected chi connectivity index (χ2v) is 12.4. The Labute approximate surface area is 286 Å². The molecule has 0 unspecified atom stereocenters.